The maximum atomic E-state index is 10.7. The molecule has 0 spiro atoms. The van der Waals surface area contributed by atoms with Crippen LogP contribution in [0.4, 0.5) is 11.4 Å². The van der Waals surface area contributed by atoms with E-state index in [1.54, 1.807) is 7.05 Å². The molecule has 0 atom stereocenters. The Morgan fingerprint density at radius 3 is 2.38 bits per heavy atom. The van der Waals surface area contributed by atoms with Gasteiger partial charge in [0.25, 0.3) is 5.69 Å². The van der Waals surface area contributed by atoms with Crippen molar-refractivity contribution in [3.8, 4) is 0 Å². The number of rotatable bonds is 3. The molecule has 6 nitrogen and oxygen atoms in total. The van der Waals surface area contributed by atoms with Gasteiger partial charge in [0.2, 0.25) is 0 Å². The lowest BCUT2D eigenvalue weighted by molar-refractivity contribution is -0.385. The number of carbonyl (C=O) groups is 1. The van der Waals surface area contributed by atoms with Gasteiger partial charge in [-0.3, -0.25) is 10.1 Å². The van der Waals surface area contributed by atoms with Crippen LogP contribution in [0.5, 0.6) is 0 Å². The number of nitrogens with zero attached hydrogens (tertiary/aromatic N) is 1. The number of nitro benzene ring substituents is 1. The molecule has 1 rings (SSSR count). The van der Waals surface area contributed by atoms with Crippen molar-refractivity contribution in [2.45, 2.75) is 13.8 Å². The minimum Gasteiger partial charge on any atom is -0.477 e. The highest BCUT2D eigenvalue weighted by molar-refractivity contribution is 5.93. The van der Waals surface area contributed by atoms with E-state index in [0.717, 1.165) is 6.07 Å². The first-order chi connectivity index (χ1) is 7.56. The Labute approximate surface area is 93.1 Å². The zero-order valence-corrected chi connectivity index (χ0v) is 9.35. The monoisotopic (exact) mass is 226 g/mol. The zero-order chi connectivity index (χ0) is 12.7. The van der Waals surface area contributed by atoms with Crippen LogP contribution < -0.4 is 5.32 Å². The van der Waals surface area contributed by atoms with Gasteiger partial charge >= 0.3 is 5.97 Å². The first-order valence-corrected chi connectivity index (χ1v) is 4.75. The second kappa shape index (κ2) is 6.39. The summed E-state index contributed by atoms with van der Waals surface area (Å²) in [5, 5.41) is 21.9. The number of benzene rings is 1. The fourth-order valence-corrected chi connectivity index (χ4v) is 1.02. The number of hydrogen-bond donors (Lipinski definition) is 2. The Bertz CT molecular complexity index is 390. The van der Waals surface area contributed by atoms with Crippen molar-refractivity contribution in [1.29, 1.82) is 0 Å². The molecule has 0 aromatic heterocycles. The van der Waals surface area contributed by atoms with Gasteiger partial charge in [0.15, 0.2) is 0 Å². The van der Waals surface area contributed by atoms with E-state index in [4.69, 9.17) is 5.11 Å². The minimum absolute atomic E-state index is 0.318. The number of anilines is 1. The van der Waals surface area contributed by atoms with Crippen molar-refractivity contribution in [3.05, 3.63) is 33.9 Å². The summed E-state index contributed by atoms with van der Waals surface area (Å²) < 4.78 is 0. The molecule has 0 saturated heterocycles. The van der Waals surface area contributed by atoms with E-state index in [1.165, 1.54) is 12.1 Å². The van der Waals surface area contributed by atoms with E-state index >= 15 is 0 Å². The summed E-state index contributed by atoms with van der Waals surface area (Å²) >= 11 is 0. The predicted octanol–water partition coefficient (Wildman–Crippen LogP) is 2.36. The molecule has 0 radical (unpaired) electrons. The van der Waals surface area contributed by atoms with Crippen LogP contribution >= 0.6 is 0 Å². The lowest BCUT2D eigenvalue weighted by Gasteiger charge is -2.01. The third-order valence-electron chi connectivity index (χ3n) is 1.71. The molecule has 1 aromatic carbocycles. The van der Waals surface area contributed by atoms with Gasteiger partial charge in [-0.1, -0.05) is 13.8 Å². The third kappa shape index (κ3) is 3.23. The fraction of sp³-hybridized carbons (Fsp3) is 0.300. The lowest BCUT2D eigenvalue weighted by atomic mass is 10.1. The number of hydrogen-bond acceptors (Lipinski definition) is 4. The Morgan fingerprint density at radius 2 is 2.00 bits per heavy atom. The smallest absolute Gasteiger partial charge is 0.342 e. The number of carboxylic acids is 1. The van der Waals surface area contributed by atoms with Crippen molar-refractivity contribution in [3.63, 3.8) is 0 Å². The van der Waals surface area contributed by atoms with Crippen molar-refractivity contribution < 1.29 is 14.8 Å². The van der Waals surface area contributed by atoms with E-state index in [0.29, 0.717) is 5.69 Å². The summed E-state index contributed by atoms with van der Waals surface area (Å²) in [5.41, 5.74) is -0.202. The minimum atomic E-state index is -1.31. The molecule has 0 heterocycles. The second-order valence-corrected chi connectivity index (χ2v) is 2.54. The van der Waals surface area contributed by atoms with Crippen LogP contribution in [0, 0.1) is 10.1 Å². The molecular weight excluding hydrogens is 212 g/mol. The van der Waals surface area contributed by atoms with Crippen molar-refractivity contribution in [2.75, 3.05) is 12.4 Å². The zero-order valence-electron chi connectivity index (χ0n) is 9.35. The van der Waals surface area contributed by atoms with Gasteiger partial charge in [-0.15, -0.1) is 0 Å². The molecule has 16 heavy (non-hydrogen) atoms. The summed E-state index contributed by atoms with van der Waals surface area (Å²) in [4.78, 5) is 20.4. The number of nitro groups is 1. The van der Waals surface area contributed by atoms with Crippen LogP contribution in [0.15, 0.2) is 18.2 Å². The quantitative estimate of drug-likeness (QED) is 0.609. The Kier molecular flexibility index (Phi) is 5.55. The fourth-order valence-electron chi connectivity index (χ4n) is 1.02. The summed E-state index contributed by atoms with van der Waals surface area (Å²) in [6.07, 6.45) is 0. The van der Waals surface area contributed by atoms with Gasteiger partial charge in [-0.25, -0.2) is 4.79 Å². The van der Waals surface area contributed by atoms with Crippen LogP contribution in [-0.4, -0.2) is 23.0 Å². The molecule has 0 aliphatic rings. The molecule has 88 valence electrons. The number of nitrogens with one attached hydrogen (secondary N) is 1. The summed E-state index contributed by atoms with van der Waals surface area (Å²) in [5.74, 6) is -1.31. The number of aromatic carboxylic acids is 1. The molecule has 0 amide bonds. The molecule has 0 unspecified atom stereocenters. The van der Waals surface area contributed by atoms with Crippen molar-refractivity contribution >= 4 is 17.3 Å². The standard InChI is InChI=1S/C8H8N2O4.C2H6/c1-9-5-2-3-7(10(13)14)6(4-5)8(11)12;1-2/h2-4,9H,1H3,(H,11,12);1-2H3. The average molecular weight is 226 g/mol. The molecule has 6 heteroatoms. The topological polar surface area (TPSA) is 92.5 Å². The first kappa shape index (κ1) is 13.9. The van der Waals surface area contributed by atoms with Gasteiger partial charge in [0, 0.05) is 18.8 Å². The van der Waals surface area contributed by atoms with E-state index < -0.39 is 16.6 Å². The van der Waals surface area contributed by atoms with Crippen LogP contribution in [0.1, 0.15) is 24.2 Å². The Morgan fingerprint density at radius 1 is 1.44 bits per heavy atom. The molecule has 0 fully saturated rings. The maximum absolute atomic E-state index is 10.7. The highest BCUT2D eigenvalue weighted by atomic mass is 16.6. The molecular formula is C10H14N2O4. The molecule has 1 aromatic rings. The highest BCUT2D eigenvalue weighted by Crippen LogP contribution is 2.22. The second-order valence-electron chi connectivity index (χ2n) is 2.54. The largest absolute Gasteiger partial charge is 0.477 e. The van der Waals surface area contributed by atoms with E-state index in [1.807, 2.05) is 13.8 Å². The van der Waals surface area contributed by atoms with Crippen LogP contribution in [0.25, 0.3) is 0 Å². The Balaban J connectivity index is 0.00000106. The number of carboxylic acid groups (broad SMARTS) is 1. The molecule has 0 aliphatic heterocycles. The van der Waals surface area contributed by atoms with Crippen molar-refractivity contribution in [2.24, 2.45) is 0 Å². The molecule has 0 saturated carbocycles. The molecule has 2 N–H and O–H groups in total. The van der Waals surface area contributed by atoms with Crippen molar-refractivity contribution in [1.82, 2.24) is 0 Å². The summed E-state index contributed by atoms with van der Waals surface area (Å²) in [6.45, 7) is 4.00. The maximum Gasteiger partial charge on any atom is 0.342 e. The Hall–Kier alpha value is -2.11. The first-order valence-electron chi connectivity index (χ1n) is 4.75. The van der Waals surface area contributed by atoms with Gasteiger partial charge in [-0.2, -0.15) is 0 Å². The van der Waals surface area contributed by atoms with Gasteiger partial charge in [-0.05, 0) is 12.1 Å². The lowest BCUT2D eigenvalue weighted by Crippen LogP contribution is -2.03. The summed E-state index contributed by atoms with van der Waals surface area (Å²) in [6, 6.07) is 3.83. The molecule has 0 bridgehead atoms. The van der Waals surface area contributed by atoms with Gasteiger partial charge in [0.1, 0.15) is 5.56 Å². The third-order valence-corrected chi connectivity index (χ3v) is 1.71. The predicted molar refractivity (Wildman–Crippen MR) is 61.0 cm³/mol. The van der Waals surface area contributed by atoms with E-state index in [9.17, 15) is 14.9 Å². The highest BCUT2D eigenvalue weighted by Gasteiger charge is 2.19. The normalized spacial score (nSPS) is 8.69. The summed E-state index contributed by atoms with van der Waals surface area (Å²) in [7, 11) is 1.60. The van der Waals surface area contributed by atoms with Crippen LogP contribution in [0.3, 0.4) is 0 Å². The average Bonchev–Trinajstić information content (AvgIpc) is 2.30. The molecule has 0 aliphatic carbocycles. The van der Waals surface area contributed by atoms with E-state index in [-0.39, 0.29) is 5.56 Å². The van der Waals surface area contributed by atoms with Gasteiger partial charge in [0.05, 0.1) is 4.92 Å². The van der Waals surface area contributed by atoms with Gasteiger partial charge < -0.3 is 10.4 Å². The van der Waals surface area contributed by atoms with Crippen LogP contribution in [-0.2, 0) is 0 Å². The SMILES string of the molecule is CC.CNc1ccc([N+](=O)[O-])c(C(=O)O)c1. The van der Waals surface area contributed by atoms with Crippen LogP contribution in [0.2, 0.25) is 0 Å². The van der Waals surface area contributed by atoms with E-state index in [2.05, 4.69) is 5.32 Å².